The number of carboxylic acids is 1. The zero-order valence-corrected chi connectivity index (χ0v) is 21.0. The lowest BCUT2D eigenvalue weighted by Crippen LogP contribution is -2.56. The lowest BCUT2D eigenvalue weighted by Gasteiger charge is -2.33. The summed E-state index contributed by atoms with van der Waals surface area (Å²) in [5.41, 5.74) is 5.40. The molecule has 2 amide bonds. The van der Waals surface area contributed by atoms with Gasteiger partial charge in [-0.15, -0.1) is 0 Å². The first kappa shape index (κ1) is 27.7. The normalized spacial score (nSPS) is 17.9. The Bertz CT molecular complexity index is 987. The van der Waals surface area contributed by atoms with E-state index in [1.807, 2.05) is 6.92 Å². The zero-order chi connectivity index (χ0) is 25.7. The van der Waals surface area contributed by atoms with Gasteiger partial charge in [-0.25, -0.2) is 22.9 Å². The molecule has 0 unspecified atom stereocenters. The van der Waals surface area contributed by atoms with E-state index in [1.165, 1.54) is 12.1 Å². The van der Waals surface area contributed by atoms with Crippen molar-refractivity contribution >= 4 is 28.0 Å². The molecule has 0 bridgehead atoms. The van der Waals surface area contributed by atoms with Crippen molar-refractivity contribution in [1.29, 1.82) is 0 Å². The lowest BCUT2D eigenvalue weighted by atomic mass is 10.1. The van der Waals surface area contributed by atoms with E-state index in [9.17, 15) is 27.9 Å². The van der Waals surface area contributed by atoms with Crippen LogP contribution in [-0.2, 0) is 24.3 Å². The van der Waals surface area contributed by atoms with E-state index >= 15 is 0 Å². The quantitative estimate of drug-likeness (QED) is 0.495. The van der Waals surface area contributed by atoms with Gasteiger partial charge < -0.3 is 15.6 Å². The first-order valence-corrected chi connectivity index (χ1v) is 12.8. The topological polar surface area (TPSA) is 147 Å². The summed E-state index contributed by atoms with van der Waals surface area (Å²) >= 11 is 0. The van der Waals surface area contributed by atoms with Crippen LogP contribution < -0.4 is 5.73 Å². The Balaban J connectivity index is 2.44. The summed E-state index contributed by atoms with van der Waals surface area (Å²) in [5, 5.41) is 9.85. The molecule has 0 radical (unpaired) electrons. The molecule has 2 atom stereocenters. The van der Waals surface area contributed by atoms with Gasteiger partial charge in [0.25, 0.3) is 5.91 Å². The number of hydrogen-bond acceptors (Lipinski definition) is 7. The summed E-state index contributed by atoms with van der Waals surface area (Å²) in [7, 11) is -4.04. The number of ether oxygens (including phenoxy) is 1. The number of carbonyl (C=O) groups is 3. The number of hydrogen-bond donors (Lipinski definition) is 2. The standard InChI is InChI=1S/C23H35N3O7S/c1-16-10-12-17(13-11-16)34(31,32)25-15-7-9-18(25)20(27)26(22(30)33-23(2,3)4)19(21(28)29)8-5-6-14-24/h10-13,18-19H,5-9,14-15,24H2,1-4H3,(H,28,29)/t18-,19+/m0/s1. The Kier molecular flexibility index (Phi) is 9.21. The molecule has 0 aliphatic carbocycles. The molecule has 10 nitrogen and oxygen atoms in total. The van der Waals surface area contributed by atoms with Gasteiger partial charge in [-0.05, 0) is 78.5 Å². The lowest BCUT2D eigenvalue weighted by molar-refractivity contribution is -0.151. The van der Waals surface area contributed by atoms with Crippen molar-refractivity contribution in [1.82, 2.24) is 9.21 Å². The minimum absolute atomic E-state index is 0.0189. The number of nitrogens with zero attached hydrogens (tertiary/aromatic N) is 2. The number of aliphatic carboxylic acids is 1. The average Bonchev–Trinajstić information content (AvgIpc) is 3.22. The van der Waals surface area contributed by atoms with Crippen LogP contribution in [0.5, 0.6) is 0 Å². The van der Waals surface area contributed by atoms with Crippen molar-refractivity contribution in [2.24, 2.45) is 5.73 Å². The van der Waals surface area contributed by atoms with Crippen LogP contribution in [0.1, 0.15) is 58.4 Å². The number of rotatable bonds is 9. The fourth-order valence-corrected chi connectivity index (χ4v) is 5.46. The second-order valence-corrected chi connectivity index (χ2v) is 11.3. The molecule has 1 aromatic rings. The maximum atomic E-state index is 13.6. The van der Waals surface area contributed by atoms with Crippen molar-refractivity contribution < 1.29 is 32.6 Å². The summed E-state index contributed by atoms with van der Waals surface area (Å²) in [6.45, 7) is 7.04. The highest BCUT2D eigenvalue weighted by molar-refractivity contribution is 7.89. The van der Waals surface area contributed by atoms with Gasteiger partial charge in [0, 0.05) is 6.54 Å². The summed E-state index contributed by atoms with van der Waals surface area (Å²) in [6.07, 6.45) is 0.312. The Labute approximate surface area is 201 Å². The Hall–Kier alpha value is -2.50. The van der Waals surface area contributed by atoms with Gasteiger partial charge in [-0.1, -0.05) is 17.7 Å². The van der Waals surface area contributed by atoms with Crippen LogP contribution in [0, 0.1) is 6.92 Å². The number of benzene rings is 1. The van der Waals surface area contributed by atoms with Crippen molar-refractivity contribution in [3.63, 3.8) is 0 Å². The molecule has 34 heavy (non-hydrogen) atoms. The SMILES string of the molecule is Cc1ccc(S(=O)(=O)N2CCC[C@H]2C(=O)N(C(=O)OC(C)(C)C)[C@H](CCCCN)C(=O)O)cc1. The molecule has 1 fully saturated rings. The highest BCUT2D eigenvalue weighted by atomic mass is 32.2. The number of carboxylic acid groups (broad SMARTS) is 1. The molecule has 1 aromatic carbocycles. The Morgan fingerprint density at radius 1 is 1.21 bits per heavy atom. The maximum absolute atomic E-state index is 13.6. The molecular formula is C23H35N3O7S. The van der Waals surface area contributed by atoms with E-state index < -0.39 is 45.7 Å². The average molecular weight is 498 g/mol. The number of amides is 2. The molecule has 3 N–H and O–H groups in total. The van der Waals surface area contributed by atoms with Crippen LogP contribution in [0.25, 0.3) is 0 Å². The first-order chi connectivity index (χ1) is 15.8. The number of sulfonamides is 1. The third-order valence-electron chi connectivity index (χ3n) is 5.47. The third kappa shape index (κ3) is 6.77. The van der Waals surface area contributed by atoms with Crippen LogP contribution in [0.4, 0.5) is 4.79 Å². The molecule has 0 spiro atoms. The van der Waals surface area contributed by atoms with Gasteiger partial charge >= 0.3 is 12.1 Å². The van der Waals surface area contributed by atoms with Crippen LogP contribution >= 0.6 is 0 Å². The predicted octanol–water partition coefficient (Wildman–Crippen LogP) is 2.49. The number of unbranched alkanes of at least 4 members (excludes halogenated alkanes) is 1. The smallest absolute Gasteiger partial charge is 0.417 e. The van der Waals surface area contributed by atoms with Crippen molar-refractivity contribution in [3.05, 3.63) is 29.8 Å². The summed E-state index contributed by atoms with van der Waals surface area (Å²) in [6, 6.07) is 3.52. The highest BCUT2D eigenvalue weighted by Crippen LogP contribution is 2.29. The fraction of sp³-hybridized carbons (Fsp3) is 0.609. The number of carbonyl (C=O) groups excluding carboxylic acids is 2. The second kappa shape index (κ2) is 11.3. The van der Waals surface area contributed by atoms with E-state index in [0.29, 0.717) is 30.7 Å². The first-order valence-electron chi connectivity index (χ1n) is 11.4. The number of aryl methyl sites for hydroxylation is 1. The Morgan fingerprint density at radius 3 is 2.35 bits per heavy atom. The second-order valence-electron chi connectivity index (χ2n) is 9.41. The minimum atomic E-state index is -4.04. The van der Waals surface area contributed by atoms with Gasteiger partial charge in [-0.2, -0.15) is 4.31 Å². The molecule has 1 saturated heterocycles. The van der Waals surface area contributed by atoms with Gasteiger partial charge in [0.05, 0.1) is 4.90 Å². The van der Waals surface area contributed by atoms with E-state index in [-0.39, 0.29) is 24.3 Å². The van der Waals surface area contributed by atoms with Crippen LogP contribution in [0.15, 0.2) is 29.2 Å². The van der Waals surface area contributed by atoms with Crippen molar-refractivity contribution in [2.75, 3.05) is 13.1 Å². The minimum Gasteiger partial charge on any atom is -0.480 e. The largest absolute Gasteiger partial charge is 0.480 e. The molecule has 190 valence electrons. The summed E-state index contributed by atoms with van der Waals surface area (Å²) in [4.78, 5) is 39.4. The van der Waals surface area contributed by atoms with Gasteiger partial charge in [-0.3, -0.25) is 4.79 Å². The fourth-order valence-electron chi connectivity index (χ4n) is 3.81. The van der Waals surface area contributed by atoms with Gasteiger partial charge in [0.1, 0.15) is 17.7 Å². The molecule has 2 rings (SSSR count). The predicted molar refractivity (Wildman–Crippen MR) is 126 cm³/mol. The highest BCUT2D eigenvalue weighted by Gasteiger charge is 2.46. The van der Waals surface area contributed by atoms with Crippen LogP contribution in [0.2, 0.25) is 0 Å². The zero-order valence-electron chi connectivity index (χ0n) is 20.2. The van der Waals surface area contributed by atoms with E-state index in [2.05, 4.69) is 0 Å². The van der Waals surface area contributed by atoms with Crippen molar-refractivity contribution in [2.45, 2.75) is 82.4 Å². The molecule has 0 aromatic heterocycles. The number of nitrogens with two attached hydrogens (primary N) is 1. The van der Waals surface area contributed by atoms with E-state index in [0.717, 1.165) is 9.87 Å². The molecule has 11 heteroatoms. The molecule has 1 aliphatic heterocycles. The maximum Gasteiger partial charge on any atom is 0.417 e. The van der Waals surface area contributed by atoms with Crippen molar-refractivity contribution in [3.8, 4) is 0 Å². The molecule has 1 aliphatic rings. The Morgan fingerprint density at radius 2 is 1.82 bits per heavy atom. The van der Waals surface area contributed by atoms with E-state index in [1.54, 1.807) is 32.9 Å². The van der Waals surface area contributed by atoms with Gasteiger partial charge in [0.15, 0.2) is 0 Å². The molecule has 1 heterocycles. The monoisotopic (exact) mass is 497 g/mol. The summed E-state index contributed by atoms with van der Waals surface area (Å²) in [5.74, 6) is -2.27. The number of imide groups is 1. The van der Waals surface area contributed by atoms with E-state index in [4.69, 9.17) is 10.5 Å². The molecular weight excluding hydrogens is 462 g/mol. The van der Waals surface area contributed by atoms with Crippen LogP contribution in [0.3, 0.4) is 0 Å². The summed E-state index contributed by atoms with van der Waals surface area (Å²) < 4.78 is 33.0. The van der Waals surface area contributed by atoms with Crippen LogP contribution in [-0.4, -0.2) is 71.5 Å². The molecule has 0 saturated carbocycles. The third-order valence-corrected chi connectivity index (χ3v) is 7.39. The van der Waals surface area contributed by atoms with Gasteiger partial charge in [0.2, 0.25) is 10.0 Å².